The van der Waals surface area contributed by atoms with E-state index in [1.165, 1.54) is 0 Å². The number of carboxylic acid groups (broad SMARTS) is 1. The minimum Gasteiger partial charge on any atom is -0.480 e. The van der Waals surface area contributed by atoms with Crippen LogP contribution in [0.25, 0.3) is 10.8 Å². The van der Waals surface area contributed by atoms with Gasteiger partial charge < -0.3 is 21.0 Å². The molecule has 0 fully saturated rings. The van der Waals surface area contributed by atoms with Crippen LogP contribution in [-0.2, 0) is 25.6 Å². The van der Waals surface area contributed by atoms with Gasteiger partial charge in [0, 0.05) is 0 Å². The molecule has 0 saturated heterocycles. The molecule has 0 spiro atoms. The summed E-state index contributed by atoms with van der Waals surface area (Å²) in [5.41, 5.74) is 6.27. The predicted octanol–water partition coefficient (Wildman–Crippen LogP) is 1.32. The third-order valence-corrected chi connectivity index (χ3v) is 4.67. The maximum Gasteiger partial charge on any atom is 0.321 e. The number of Topliss-reactive ketones (excluding diaryl/α,β-unsaturated/α-hetero) is 1. The van der Waals surface area contributed by atoms with Crippen molar-refractivity contribution in [1.82, 2.24) is 5.32 Å². The van der Waals surface area contributed by atoms with E-state index in [0.29, 0.717) is 0 Å². The molecule has 2 rings (SSSR count). The highest BCUT2D eigenvalue weighted by Gasteiger charge is 2.36. The molecule has 1 amide bonds. The van der Waals surface area contributed by atoms with Gasteiger partial charge in [0.1, 0.15) is 18.2 Å². The van der Waals surface area contributed by atoms with Crippen molar-refractivity contribution in [2.75, 3.05) is 0 Å². The number of nitrogens with two attached hydrogens (primary N) is 1. The molecular formula is C21H24N2O5. The Morgan fingerprint density at radius 1 is 1.11 bits per heavy atom. The van der Waals surface area contributed by atoms with E-state index in [4.69, 9.17) is 10.8 Å². The summed E-state index contributed by atoms with van der Waals surface area (Å²) in [5.74, 6) is -4.41. The number of carboxylic acids is 1. The van der Waals surface area contributed by atoms with E-state index in [-0.39, 0.29) is 18.6 Å². The van der Waals surface area contributed by atoms with Crippen LogP contribution in [0.5, 0.6) is 0 Å². The zero-order valence-electron chi connectivity index (χ0n) is 15.8. The zero-order valence-corrected chi connectivity index (χ0v) is 15.8. The van der Waals surface area contributed by atoms with Crippen LogP contribution < -0.4 is 11.1 Å². The fourth-order valence-electron chi connectivity index (χ4n) is 3.10. The summed E-state index contributed by atoms with van der Waals surface area (Å²) in [7, 11) is 0. The maximum atomic E-state index is 12.7. The van der Waals surface area contributed by atoms with Crippen LogP contribution in [0.4, 0.5) is 0 Å². The summed E-state index contributed by atoms with van der Waals surface area (Å²) in [4.78, 5) is 47.6. The molecule has 0 aliphatic rings. The largest absolute Gasteiger partial charge is 0.480 e. The van der Waals surface area contributed by atoms with E-state index in [1.54, 1.807) is 13.8 Å². The first-order chi connectivity index (χ1) is 13.3. The standard InChI is InChI=1S/C21H24N2O5/c1-12(2)19(20(26)16(11-24)18(22)21(27)28)23-17(25)10-14-8-5-7-13-6-3-4-9-15(13)14/h3-9,11-12,16,18-19H,10,22H2,1-2H3,(H,23,25)(H,27,28)/t16?,18?,19-/m0/s1. The highest BCUT2D eigenvalue weighted by Crippen LogP contribution is 2.19. The van der Waals surface area contributed by atoms with Gasteiger partial charge >= 0.3 is 5.97 Å². The number of nitrogens with one attached hydrogen (secondary N) is 1. The number of amides is 1. The predicted molar refractivity (Wildman–Crippen MR) is 105 cm³/mol. The van der Waals surface area contributed by atoms with Crippen molar-refractivity contribution in [1.29, 1.82) is 0 Å². The van der Waals surface area contributed by atoms with E-state index in [1.807, 2.05) is 42.5 Å². The fraction of sp³-hybridized carbons (Fsp3) is 0.333. The number of carbonyl (C=O) groups is 4. The molecule has 2 aromatic carbocycles. The summed E-state index contributed by atoms with van der Waals surface area (Å²) >= 11 is 0. The van der Waals surface area contributed by atoms with E-state index >= 15 is 0 Å². The Bertz CT molecular complexity index is 888. The summed E-state index contributed by atoms with van der Waals surface area (Å²) < 4.78 is 0. The quantitative estimate of drug-likeness (QED) is 0.442. The Balaban J connectivity index is 2.19. The topological polar surface area (TPSA) is 127 Å². The van der Waals surface area contributed by atoms with Gasteiger partial charge in [-0.1, -0.05) is 56.3 Å². The Kier molecular flexibility index (Phi) is 7.00. The number of carbonyl (C=O) groups excluding carboxylic acids is 3. The van der Waals surface area contributed by atoms with Gasteiger partial charge in [-0.3, -0.25) is 14.4 Å². The highest BCUT2D eigenvalue weighted by atomic mass is 16.4. The molecule has 0 saturated carbocycles. The van der Waals surface area contributed by atoms with Crippen molar-refractivity contribution in [3.05, 3.63) is 48.0 Å². The van der Waals surface area contributed by atoms with E-state index in [0.717, 1.165) is 16.3 Å². The van der Waals surface area contributed by atoms with Crippen molar-refractivity contribution >= 4 is 34.7 Å². The van der Waals surface area contributed by atoms with Gasteiger partial charge in [-0.25, -0.2) is 0 Å². The van der Waals surface area contributed by atoms with Gasteiger partial charge in [0.2, 0.25) is 5.91 Å². The van der Waals surface area contributed by atoms with Gasteiger partial charge in [-0.15, -0.1) is 0 Å². The molecule has 7 nitrogen and oxygen atoms in total. The van der Waals surface area contributed by atoms with Gasteiger partial charge in [-0.2, -0.15) is 0 Å². The minimum atomic E-state index is -1.65. The number of hydrogen-bond acceptors (Lipinski definition) is 5. The molecule has 3 atom stereocenters. The SMILES string of the molecule is CC(C)[C@H](NC(=O)Cc1cccc2ccccc12)C(=O)C(C=O)C(N)C(=O)O. The van der Waals surface area contributed by atoms with Crippen molar-refractivity contribution in [2.45, 2.75) is 32.4 Å². The van der Waals surface area contributed by atoms with Gasteiger partial charge in [0.15, 0.2) is 5.78 Å². The fourth-order valence-corrected chi connectivity index (χ4v) is 3.10. The Morgan fingerprint density at radius 3 is 2.36 bits per heavy atom. The molecule has 148 valence electrons. The van der Waals surface area contributed by atoms with Gasteiger partial charge in [0.05, 0.1) is 12.5 Å². The average molecular weight is 384 g/mol. The van der Waals surface area contributed by atoms with Crippen LogP contribution in [0.15, 0.2) is 42.5 Å². The molecule has 0 bridgehead atoms. The summed E-state index contributed by atoms with van der Waals surface area (Å²) in [6.07, 6.45) is 0.280. The molecule has 0 aliphatic carbocycles. The highest BCUT2D eigenvalue weighted by molar-refractivity contribution is 6.03. The lowest BCUT2D eigenvalue weighted by molar-refractivity contribution is -0.145. The van der Waals surface area contributed by atoms with Crippen LogP contribution in [-0.4, -0.2) is 41.1 Å². The first-order valence-electron chi connectivity index (χ1n) is 8.99. The van der Waals surface area contributed by atoms with Crippen LogP contribution in [0, 0.1) is 11.8 Å². The van der Waals surface area contributed by atoms with Crippen LogP contribution in [0.1, 0.15) is 19.4 Å². The smallest absolute Gasteiger partial charge is 0.321 e. The van der Waals surface area contributed by atoms with Gasteiger partial charge in [-0.05, 0) is 22.3 Å². The molecule has 0 aliphatic heterocycles. The molecule has 28 heavy (non-hydrogen) atoms. The lowest BCUT2D eigenvalue weighted by Crippen LogP contribution is -2.53. The normalized spacial score (nSPS) is 14.3. The number of aldehydes is 1. The number of rotatable bonds is 9. The van der Waals surface area contributed by atoms with Crippen molar-refractivity contribution < 1.29 is 24.3 Å². The van der Waals surface area contributed by atoms with Crippen molar-refractivity contribution in [3.63, 3.8) is 0 Å². The van der Waals surface area contributed by atoms with Crippen LogP contribution in [0.2, 0.25) is 0 Å². The minimum absolute atomic E-state index is 0.0502. The molecule has 0 radical (unpaired) electrons. The average Bonchev–Trinajstić information content (AvgIpc) is 2.66. The second-order valence-electron chi connectivity index (χ2n) is 7.03. The van der Waals surface area contributed by atoms with Crippen molar-refractivity contribution in [3.8, 4) is 0 Å². The van der Waals surface area contributed by atoms with E-state index in [9.17, 15) is 19.2 Å². The summed E-state index contributed by atoms with van der Waals surface area (Å²) in [5, 5.41) is 13.6. The monoisotopic (exact) mass is 384 g/mol. The Hall–Kier alpha value is -3.06. The maximum absolute atomic E-state index is 12.7. The molecule has 2 aromatic rings. The molecule has 2 unspecified atom stereocenters. The first-order valence-corrected chi connectivity index (χ1v) is 8.99. The molecular weight excluding hydrogens is 360 g/mol. The Labute approximate surface area is 162 Å². The molecule has 7 heteroatoms. The second kappa shape index (κ2) is 9.23. The number of hydrogen-bond donors (Lipinski definition) is 3. The summed E-state index contributed by atoms with van der Waals surface area (Å²) in [6.45, 7) is 3.41. The molecule has 4 N–H and O–H groups in total. The van der Waals surface area contributed by atoms with Crippen molar-refractivity contribution in [2.24, 2.45) is 17.6 Å². The molecule has 0 aromatic heterocycles. The van der Waals surface area contributed by atoms with Crippen LogP contribution >= 0.6 is 0 Å². The Morgan fingerprint density at radius 2 is 1.75 bits per heavy atom. The lowest BCUT2D eigenvalue weighted by Gasteiger charge is -2.25. The number of aliphatic carboxylic acids is 1. The molecule has 0 heterocycles. The lowest BCUT2D eigenvalue weighted by atomic mass is 9.87. The van der Waals surface area contributed by atoms with Gasteiger partial charge in [0.25, 0.3) is 0 Å². The number of fused-ring (bicyclic) bond motifs is 1. The second-order valence-corrected chi connectivity index (χ2v) is 7.03. The third-order valence-electron chi connectivity index (χ3n) is 4.67. The zero-order chi connectivity index (χ0) is 20.8. The number of ketones is 1. The first kappa shape index (κ1) is 21.2. The van der Waals surface area contributed by atoms with Crippen LogP contribution in [0.3, 0.4) is 0 Å². The van der Waals surface area contributed by atoms with E-state index < -0.39 is 35.7 Å². The number of benzene rings is 2. The summed E-state index contributed by atoms with van der Waals surface area (Å²) in [6, 6.07) is 10.6. The third kappa shape index (κ3) is 4.80. The van der Waals surface area contributed by atoms with E-state index in [2.05, 4.69) is 5.32 Å².